The summed E-state index contributed by atoms with van der Waals surface area (Å²) in [4.78, 5) is 28.5. The van der Waals surface area contributed by atoms with Crippen molar-refractivity contribution in [3.05, 3.63) is 65.2 Å². The lowest BCUT2D eigenvalue weighted by Gasteiger charge is -2.11. The number of nitrogens with one attached hydrogen (secondary N) is 1. The molecular formula is C20H17ClN2O3. The average Bonchev–Trinajstić information content (AvgIpc) is 2.67. The van der Waals surface area contributed by atoms with Gasteiger partial charge in [0.25, 0.3) is 5.91 Å². The van der Waals surface area contributed by atoms with Crippen LogP contribution in [0, 0.1) is 0 Å². The van der Waals surface area contributed by atoms with Gasteiger partial charge in [-0.15, -0.1) is 0 Å². The molecule has 0 radical (unpaired) electrons. The highest BCUT2D eigenvalue weighted by Crippen LogP contribution is 2.29. The SMILES string of the molecule is COC(=O)CCNC(=O)c1cc(-c2ccccc2Cl)nc2ccccc12. The third-order valence-electron chi connectivity index (χ3n) is 3.95. The predicted octanol–water partition coefficient (Wildman–Crippen LogP) is 3.85. The van der Waals surface area contributed by atoms with Gasteiger partial charge in [0.2, 0.25) is 0 Å². The first-order chi connectivity index (χ1) is 12.6. The number of nitrogens with zero attached hydrogens (tertiary/aromatic N) is 1. The van der Waals surface area contributed by atoms with Crippen molar-refractivity contribution in [2.45, 2.75) is 6.42 Å². The number of ether oxygens (including phenoxy) is 1. The van der Waals surface area contributed by atoms with E-state index in [0.29, 0.717) is 21.8 Å². The molecule has 3 aromatic rings. The van der Waals surface area contributed by atoms with Gasteiger partial charge in [0.05, 0.1) is 30.3 Å². The van der Waals surface area contributed by atoms with E-state index >= 15 is 0 Å². The average molecular weight is 369 g/mol. The van der Waals surface area contributed by atoms with Crippen LogP contribution in [0.25, 0.3) is 22.2 Å². The number of hydrogen-bond acceptors (Lipinski definition) is 4. The van der Waals surface area contributed by atoms with Crippen molar-refractivity contribution in [1.82, 2.24) is 10.3 Å². The first kappa shape index (κ1) is 17.9. The predicted molar refractivity (Wildman–Crippen MR) is 101 cm³/mol. The number of halogens is 1. The van der Waals surface area contributed by atoms with Gasteiger partial charge in [0, 0.05) is 22.5 Å². The summed E-state index contributed by atoms with van der Waals surface area (Å²) in [6.45, 7) is 0.198. The molecule has 1 aromatic heterocycles. The Morgan fingerprint density at radius 1 is 1.12 bits per heavy atom. The molecule has 3 rings (SSSR count). The van der Waals surface area contributed by atoms with E-state index in [0.717, 1.165) is 10.9 Å². The molecule has 0 aliphatic carbocycles. The fourth-order valence-corrected chi connectivity index (χ4v) is 2.88. The number of aromatic nitrogens is 1. The van der Waals surface area contributed by atoms with E-state index in [1.165, 1.54) is 7.11 Å². The molecule has 0 aliphatic heterocycles. The second-order valence-electron chi connectivity index (χ2n) is 5.63. The van der Waals surface area contributed by atoms with E-state index in [-0.39, 0.29) is 24.8 Å². The maximum atomic E-state index is 12.7. The highest BCUT2D eigenvalue weighted by atomic mass is 35.5. The maximum Gasteiger partial charge on any atom is 0.307 e. The molecule has 1 amide bonds. The van der Waals surface area contributed by atoms with Gasteiger partial charge >= 0.3 is 5.97 Å². The summed E-state index contributed by atoms with van der Waals surface area (Å²) >= 11 is 6.28. The van der Waals surface area contributed by atoms with Gasteiger partial charge in [-0.05, 0) is 18.2 Å². The molecule has 0 fully saturated rings. The summed E-state index contributed by atoms with van der Waals surface area (Å²) in [5.41, 5.74) is 2.55. The van der Waals surface area contributed by atoms with Gasteiger partial charge in [-0.2, -0.15) is 0 Å². The van der Waals surface area contributed by atoms with Crippen LogP contribution in [0.4, 0.5) is 0 Å². The largest absolute Gasteiger partial charge is 0.469 e. The quantitative estimate of drug-likeness (QED) is 0.694. The van der Waals surface area contributed by atoms with Crippen LogP contribution in [-0.2, 0) is 9.53 Å². The van der Waals surface area contributed by atoms with Crippen LogP contribution >= 0.6 is 11.6 Å². The molecule has 1 heterocycles. The number of rotatable bonds is 5. The summed E-state index contributed by atoms with van der Waals surface area (Å²) in [6, 6.07) is 16.5. The molecule has 6 heteroatoms. The van der Waals surface area contributed by atoms with Crippen molar-refractivity contribution in [2.24, 2.45) is 0 Å². The molecule has 0 saturated carbocycles. The fraction of sp³-hybridized carbons (Fsp3) is 0.150. The van der Waals surface area contributed by atoms with Crippen LogP contribution in [0.15, 0.2) is 54.6 Å². The van der Waals surface area contributed by atoms with Gasteiger partial charge in [0.1, 0.15) is 0 Å². The first-order valence-corrected chi connectivity index (χ1v) is 8.47. The van der Waals surface area contributed by atoms with Gasteiger partial charge in [-0.3, -0.25) is 9.59 Å². The maximum absolute atomic E-state index is 12.7. The molecule has 0 atom stereocenters. The van der Waals surface area contributed by atoms with Crippen molar-refractivity contribution < 1.29 is 14.3 Å². The van der Waals surface area contributed by atoms with E-state index in [1.54, 1.807) is 12.1 Å². The minimum atomic E-state index is -0.373. The van der Waals surface area contributed by atoms with Crippen LogP contribution in [0.5, 0.6) is 0 Å². The molecule has 0 saturated heterocycles. The number of amides is 1. The Labute approximate surface area is 156 Å². The highest BCUT2D eigenvalue weighted by Gasteiger charge is 2.15. The molecule has 132 valence electrons. The van der Waals surface area contributed by atoms with E-state index in [9.17, 15) is 9.59 Å². The molecular weight excluding hydrogens is 352 g/mol. The van der Waals surface area contributed by atoms with Crippen LogP contribution in [0.3, 0.4) is 0 Å². The summed E-state index contributed by atoms with van der Waals surface area (Å²) in [5.74, 6) is -0.651. The number of hydrogen-bond donors (Lipinski definition) is 1. The van der Waals surface area contributed by atoms with Gasteiger partial charge in [0.15, 0.2) is 0 Å². The van der Waals surface area contributed by atoms with Crippen LogP contribution in [-0.4, -0.2) is 30.5 Å². The summed E-state index contributed by atoms with van der Waals surface area (Å²) in [5, 5.41) is 4.05. The number of benzene rings is 2. The van der Waals surface area contributed by atoms with E-state index in [1.807, 2.05) is 42.5 Å². The molecule has 0 spiro atoms. The Hall–Kier alpha value is -2.92. The topological polar surface area (TPSA) is 68.3 Å². The van der Waals surface area contributed by atoms with E-state index in [2.05, 4.69) is 15.0 Å². The molecule has 0 bridgehead atoms. The Balaban J connectivity index is 1.99. The van der Waals surface area contributed by atoms with Gasteiger partial charge in [-0.25, -0.2) is 4.98 Å². The first-order valence-electron chi connectivity index (χ1n) is 8.10. The van der Waals surface area contributed by atoms with E-state index in [4.69, 9.17) is 11.6 Å². The number of carbonyl (C=O) groups excluding carboxylic acids is 2. The van der Waals surface area contributed by atoms with Crippen molar-refractivity contribution in [2.75, 3.05) is 13.7 Å². The standard InChI is InChI=1S/C20H17ClN2O3/c1-26-19(24)10-11-22-20(25)15-12-18(14-7-2-4-8-16(14)21)23-17-9-5-3-6-13(15)17/h2-9,12H,10-11H2,1H3,(H,22,25). The fourth-order valence-electron chi connectivity index (χ4n) is 2.65. The summed E-state index contributed by atoms with van der Waals surface area (Å²) in [6.07, 6.45) is 0.114. The number of pyridine rings is 1. The van der Waals surface area contributed by atoms with Crippen molar-refractivity contribution in [1.29, 1.82) is 0 Å². The number of esters is 1. The summed E-state index contributed by atoms with van der Waals surface area (Å²) in [7, 11) is 1.32. The lowest BCUT2D eigenvalue weighted by atomic mass is 10.0. The molecule has 5 nitrogen and oxygen atoms in total. The van der Waals surface area contributed by atoms with Crippen molar-refractivity contribution in [3.63, 3.8) is 0 Å². The van der Waals surface area contributed by atoms with Gasteiger partial charge < -0.3 is 10.1 Å². The molecule has 0 aliphatic rings. The molecule has 1 N–H and O–H groups in total. The normalized spacial score (nSPS) is 10.5. The minimum Gasteiger partial charge on any atom is -0.469 e. The number of para-hydroxylation sites is 1. The third kappa shape index (κ3) is 3.83. The Bertz CT molecular complexity index is 972. The Morgan fingerprint density at radius 2 is 1.85 bits per heavy atom. The zero-order valence-electron chi connectivity index (χ0n) is 14.2. The summed E-state index contributed by atoms with van der Waals surface area (Å²) < 4.78 is 4.58. The number of fused-ring (bicyclic) bond motifs is 1. The number of methoxy groups -OCH3 is 1. The Morgan fingerprint density at radius 3 is 2.62 bits per heavy atom. The van der Waals surface area contributed by atoms with Gasteiger partial charge in [-0.1, -0.05) is 48.0 Å². The second-order valence-corrected chi connectivity index (χ2v) is 6.04. The smallest absolute Gasteiger partial charge is 0.307 e. The lowest BCUT2D eigenvalue weighted by Crippen LogP contribution is -2.26. The van der Waals surface area contributed by atoms with Crippen molar-refractivity contribution in [3.8, 4) is 11.3 Å². The molecule has 26 heavy (non-hydrogen) atoms. The number of carbonyl (C=O) groups is 2. The van der Waals surface area contributed by atoms with Crippen LogP contribution < -0.4 is 5.32 Å². The zero-order chi connectivity index (χ0) is 18.5. The zero-order valence-corrected chi connectivity index (χ0v) is 14.9. The molecule has 2 aromatic carbocycles. The Kier molecular flexibility index (Phi) is 5.49. The van der Waals surface area contributed by atoms with Crippen molar-refractivity contribution >= 4 is 34.4 Å². The van der Waals surface area contributed by atoms with Crippen LogP contribution in [0.1, 0.15) is 16.8 Å². The molecule has 0 unspecified atom stereocenters. The van der Waals surface area contributed by atoms with Crippen LogP contribution in [0.2, 0.25) is 5.02 Å². The monoisotopic (exact) mass is 368 g/mol. The van der Waals surface area contributed by atoms with E-state index < -0.39 is 0 Å². The second kappa shape index (κ2) is 7.97. The third-order valence-corrected chi connectivity index (χ3v) is 4.28. The minimum absolute atomic E-state index is 0.114. The lowest BCUT2D eigenvalue weighted by molar-refractivity contribution is -0.140. The highest BCUT2D eigenvalue weighted by molar-refractivity contribution is 6.33.